The van der Waals surface area contributed by atoms with Gasteiger partial charge in [0, 0.05) is 57.1 Å². The molecule has 7 heteroatoms. The third kappa shape index (κ3) is 3.67. The van der Waals surface area contributed by atoms with E-state index in [1.165, 1.54) is 0 Å². The molecular weight excluding hydrogens is 370 g/mol. The number of pyridine rings is 2. The maximum atomic E-state index is 12.6. The summed E-state index contributed by atoms with van der Waals surface area (Å²) in [5, 5.41) is 0. The van der Waals surface area contributed by atoms with Crippen LogP contribution in [0.3, 0.4) is 0 Å². The Bertz CT molecular complexity index is 694. The quantitative estimate of drug-likeness (QED) is 0.805. The van der Waals surface area contributed by atoms with Gasteiger partial charge in [0.1, 0.15) is 11.6 Å². The maximum absolute atomic E-state index is 12.6. The Balaban J connectivity index is 1.61. The Labute approximate surface area is 150 Å². The average Bonchev–Trinajstić information content (AvgIpc) is 2.62. The summed E-state index contributed by atoms with van der Waals surface area (Å²) in [5.74, 6) is 1.83. The summed E-state index contributed by atoms with van der Waals surface area (Å²) in [6.07, 6.45) is 3.45. The molecular formula is C17H20BrN5O. The molecule has 3 rings (SSSR count). The van der Waals surface area contributed by atoms with Crippen LogP contribution in [0.15, 0.2) is 41.1 Å². The van der Waals surface area contributed by atoms with Crippen molar-refractivity contribution in [3.63, 3.8) is 0 Å². The lowest BCUT2D eigenvalue weighted by atomic mass is 10.2. The van der Waals surface area contributed by atoms with Gasteiger partial charge >= 0.3 is 0 Å². The first-order chi connectivity index (χ1) is 11.5. The molecule has 2 aromatic rings. The smallest absolute Gasteiger partial charge is 0.255 e. The fraction of sp³-hybridized carbons (Fsp3) is 0.353. The molecule has 0 aromatic carbocycles. The summed E-state index contributed by atoms with van der Waals surface area (Å²) in [7, 11) is 3.86. The molecule has 24 heavy (non-hydrogen) atoms. The second-order valence-corrected chi connectivity index (χ2v) is 6.83. The number of nitrogens with zero attached hydrogens (tertiary/aromatic N) is 5. The molecule has 3 heterocycles. The number of hydrogen-bond donors (Lipinski definition) is 0. The van der Waals surface area contributed by atoms with Crippen molar-refractivity contribution in [1.29, 1.82) is 0 Å². The molecule has 0 bridgehead atoms. The van der Waals surface area contributed by atoms with Gasteiger partial charge in [-0.2, -0.15) is 0 Å². The minimum absolute atomic E-state index is 0.0382. The predicted octanol–water partition coefficient (Wildman–Crippen LogP) is 2.27. The minimum Gasteiger partial charge on any atom is -0.363 e. The topological polar surface area (TPSA) is 52.6 Å². The number of amides is 1. The standard InChI is InChI=1S/C17H20BrN5O/c1-21(2)15-5-3-13(11-19-15)17(24)23-9-7-22(8-10-23)16-6-4-14(18)12-20-16/h3-6,11-12H,7-10H2,1-2H3. The van der Waals surface area contributed by atoms with E-state index in [0.29, 0.717) is 18.7 Å². The zero-order valence-corrected chi connectivity index (χ0v) is 15.4. The average molecular weight is 390 g/mol. The van der Waals surface area contributed by atoms with E-state index in [1.54, 1.807) is 12.4 Å². The number of hydrogen-bond acceptors (Lipinski definition) is 5. The van der Waals surface area contributed by atoms with Gasteiger partial charge < -0.3 is 14.7 Å². The first-order valence-corrected chi connectivity index (χ1v) is 8.63. The van der Waals surface area contributed by atoms with Crippen LogP contribution in [0.1, 0.15) is 10.4 Å². The Morgan fingerprint density at radius 2 is 1.79 bits per heavy atom. The van der Waals surface area contributed by atoms with Gasteiger partial charge in [0.05, 0.1) is 5.56 Å². The lowest BCUT2D eigenvalue weighted by Crippen LogP contribution is -2.49. The van der Waals surface area contributed by atoms with Gasteiger partial charge in [-0.25, -0.2) is 9.97 Å². The van der Waals surface area contributed by atoms with Gasteiger partial charge in [-0.15, -0.1) is 0 Å². The van der Waals surface area contributed by atoms with E-state index in [1.807, 2.05) is 48.2 Å². The molecule has 6 nitrogen and oxygen atoms in total. The van der Waals surface area contributed by atoms with Crippen molar-refractivity contribution >= 4 is 33.5 Å². The van der Waals surface area contributed by atoms with Crippen molar-refractivity contribution in [2.75, 3.05) is 50.1 Å². The van der Waals surface area contributed by atoms with Crippen LogP contribution in [0.5, 0.6) is 0 Å². The molecule has 2 aromatic heterocycles. The predicted molar refractivity (Wildman–Crippen MR) is 98.6 cm³/mol. The molecule has 0 spiro atoms. The lowest BCUT2D eigenvalue weighted by Gasteiger charge is -2.35. The van der Waals surface area contributed by atoms with Crippen molar-refractivity contribution < 1.29 is 4.79 Å². The SMILES string of the molecule is CN(C)c1ccc(C(=O)N2CCN(c3ccc(Br)cn3)CC2)cn1. The van der Waals surface area contributed by atoms with Crippen LogP contribution in [0.4, 0.5) is 11.6 Å². The van der Waals surface area contributed by atoms with E-state index in [9.17, 15) is 4.79 Å². The zero-order chi connectivity index (χ0) is 17.1. The summed E-state index contributed by atoms with van der Waals surface area (Å²) in [4.78, 5) is 27.3. The highest BCUT2D eigenvalue weighted by Crippen LogP contribution is 2.18. The molecule has 0 N–H and O–H groups in total. The summed E-state index contributed by atoms with van der Waals surface area (Å²) < 4.78 is 0.966. The van der Waals surface area contributed by atoms with Crippen LogP contribution in [0, 0.1) is 0 Å². The second-order valence-electron chi connectivity index (χ2n) is 5.91. The molecule has 0 aliphatic carbocycles. The highest BCUT2D eigenvalue weighted by Gasteiger charge is 2.23. The number of anilines is 2. The number of rotatable bonds is 3. The van der Waals surface area contributed by atoms with Crippen LogP contribution in [0.2, 0.25) is 0 Å². The van der Waals surface area contributed by atoms with Gasteiger partial charge in [0.2, 0.25) is 0 Å². The highest BCUT2D eigenvalue weighted by molar-refractivity contribution is 9.10. The normalized spacial score (nSPS) is 14.6. The van der Waals surface area contributed by atoms with E-state index < -0.39 is 0 Å². The molecule has 0 unspecified atom stereocenters. The van der Waals surface area contributed by atoms with Gasteiger partial charge in [-0.05, 0) is 40.2 Å². The van der Waals surface area contributed by atoms with Crippen LogP contribution < -0.4 is 9.80 Å². The molecule has 0 saturated carbocycles. The van der Waals surface area contributed by atoms with Crippen LogP contribution in [-0.2, 0) is 0 Å². The Hall–Kier alpha value is -2.15. The van der Waals surface area contributed by atoms with Crippen molar-refractivity contribution in [2.45, 2.75) is 0 Å². The lowest BCUT2D eigenvalue weighted by molar-refractivity contribution is 0.0746. The van der Waals surface area contributed by atoms with Crippen molar-refractivity contribution in [3.05, 3.63) is 46.7 Å². The molecule has 1 aliphatic heterocycles. The summed E-state index contributed by atoms with van der Waals surface area (Å²) in [6, 6.07) is 7.69. The maximum Gasteiger partial charge on any atom is 0.255 e. The minimum atomic E-state index is 0.0382. The largest absolute Gasteiger partial charge is 0.363 e. The Morgan fingerprint density at radius 1 is 1.04 bits per heavy atom. The number of piperazine rings is 1. The van der Waals surface area contributed by atoms with Gasteiger partial charge in [-0.1, -0.05) is 0 Å². The van der Waals surface area contributed by atoms with E-state index in [-0.39, 0.29) is 5.91 Å². The zero-order valence-electron chi connectivity index (χ0n) is 13.8. The van der Waals surface area contributed by atoms with Gasteiger partial charge in [0.25, 0.3) is 5.91 Å². The van der Waals surface area contributed by atoms with Gasteiger partial charge in [-0.3, -0.25) is 4.79 Å². The molecule has 1 saturated heterocycles. The summed E-state index contributed by atoms with van der Waals surface area (Å²) >= 11 is 3.40. The van der Waals surface area contributed by atoms with Crippen molar-refractivity contribution in [3.8, 4) is 0 Å². The van der Waals surface area contributed by atoms with Gasteiger partial charge in [0.15, 0.2) is 0 Å². The van der Waals surface area contributed by atoms with Crippen molar-refractivity contribution in [2.24, 2.45) is 0 Å². The third-order valence-corrected chi connectivity index (χ3v) is 4.52. The Morgan fingerprint density at radius 3 is 2.33 bits per heavy atom. The number of aromatic nitrogens is 2. The van der Waals surface area contributed by atoms with E-state index in [0.717, 1.165) is 29.2 Å². The summed E-state index contributed by atoms with van der Waals surface area (Å²) in [6.45, 7) is 2.94. The molecule has 1 fully saturated rings. The van der Waals surface area contributed by atoms with Crippen LogP contribution in [-0.4, -0.2) is 61.0 Å². The Kier molecular flexibility index (Phi) is 4.99. The molecule has 0 atom stereocenters. The fourth-order valence-corrected chi connectivity index (χ4v) is 2.89. The molecule has 1 amide bonds. The second kappa shape index (κ2) is 7.17. The van der Waals surface area contributed by atoms with Crippen LogP contribution in [0.25, 0.3) is 0 Å². The molecule has 1 aliphatic rings. The summed E-state index contributed by atoms with van der Waals surface area (Å²) in [5.41, 5.74) is 0.635. The molecule has 126 valence electrons. The van der Waals surface area contributed by atoms with Crippen LogP contribution >= 0.6 is 15.9 Å². The third-order valence-electron chi connectivity index (χ3n) is 4.06. The fourth-order valence-electron chi connectivity index (χ4n) is 2.65. The van der Waals surface area contributed by atoms with E-state index in [2.05, 4.69) is 30.8 Å². The molecule has 0 radical (unpaired) electrons. The number of halogens is 1. The first-order valence-electron chi connectivity index (χ1n) is 7.84. The first kappa shape index (κ1) is 16.7. The van der Waals surface area contributed by atoms with E-state index in [4.69, 9.17) is 0 Å². The monoisotopic (exact) mass is 389 g/mol. The number of carbonyl (C=O) groups excluding carboxylic acids is 1. The number of carbonyl (C=O) groups is 1. The van der Waals surface area contributed by atoms with E-state index >= 15 is 0 Å². The van der Waals surface area contributed by atoms with Crippen molar-refractivity contribution in [1.82, 2.24) is 14.9 Å². The highest BCUT2D eigenvalue weighted by atomic mass is 79.9.